The summed E-state index contributed by atoms with van der Waals surface area (Å²) in [6.07, 6.45) is -3.31. The monoisotopic (exact) mass is 453 g/mol. The quantitative estimate of drug-likeness (QED) is 0.464. The summed E-state index contributed by atoms with van der Waals surface area (Å²) in [5, 5.41) is 13.2. The summed E-state index contributed by atoms with van der Waals surface area (Å²) in [5.74, 6) is -1.66. The number of pyridine rings is 1. The van der Waals surface area contributed by atoms with Crippen LogP contribution < -0.4 is 16.0 Å². The summed E-state index contributed by atoms with van der Waals surface area (Å²) in [7, 11) is 0. The molecule has 2 aromatic heterocycles. The summed E-state index contributed by atoms with van der Waals surface area (Å²) >= 11 is 5.75. The molecule has 0 radical (unpaired) electrons. The van der Waals surface area contributed by atoms with Crippen molar-refractivity contribution in [2.24, 2.45) is 0 Å². The van der Waals surface area contributed by atoms with Gasteiger partial charge in [0.25, 0.3) is 11.7 Å². The molecule has 162 valence electrons. The van der Waals surface area contributed by atoms with E-state index in [0.29, 0.717) is 10.8 Å². The Labute approximate surface area is 178 Å². The topological polar surface area (TPSA) is 125 Å². The summed E-state index contributed by atoms with van der Waals surface area (Å²) in [4.78, 5) is 31.8. The molecule has 9 nitrogen and oxygen atoms in total. The molecule has 0 aliphatic heterocycles. The van der Waals surface area contributed by atoms with Gasteiger partial charge in [-0.25, -0.2) is 14.8 Å². The van der Waals surface area contributed by atoms with E-state index in [1.54, 1.807) is 12.1 Å². The van der Waals surface area contributed by atoms with Gasteiger partial charge in [-0.3, -0.25) is 9.89 Å². The first-order valence-electron chi connectivity index (χ1n) is 8.72. The molecule has 1 atom stereocenters. The van der Waals surface area contributed by atoms with E-state index in [1.165, 1.54) is 37.4 Å². The summed E-state index contributed by atoms with van der Waals surface area (Å²) in [6.45, 7) is 1.43. The molecule has 0 saturated carbocycles. The number of benzene rings is 1. The van der Waals surface area contributed by atoms with Crippen molar-refractivity contribution in [3.63, 3.8) is 0 Å². The van der Waals surface area contributed by atoms with Gasteiger partial charge in [0, 0.05) is 17.4 Å². The van der Waals surface area contributed by atoms with Crippen molar-refractivity contribution in [3.8, 4) is 0 Å². The fourth-order valence-corrected chi connectivity index (χ4v) is 2.52. The second-order valence-corrected chi connectivity index (χ2v) is 6.70. The van der Waals surface area contributed by atoms with Gasteiger partial charge in [0.2, 0.25) is 0 Å². The lowest BCUT2D eigenvalue weighted by molar-refractivity contribution is -0.144. The van der Waals surface area contributed by atoms with Crippen LogP contribution in [0.25, 0.3) is 0 Å². The van der Waals surface area contributed by atoms with Crippen LogP contribution in [0.5, 0.6) is 0 Å². The number of halogens is 4. The third kappa shape index (κ3) is 5.92. The maximum absolute atomic E-state index is 12.6. The molecule has 3 aromatic rings. The number of nitrogens with zero attached hydrogens (tertiary/aromatic N) is 3. The lowest BCUT2D eigenvalue weighted by Crippen LogP contribution is -2.31. The van der Waals surface area contributed by atoms with Crippen LogP contribution in [-0.2, 0) is 6.18 Å². The van der Waals surface area contributed by atoms with E-state index in [4.69, 9.17) is 11.6 Å². The number of carbonyl (C=O) groups is 2. The largest absolute Gasteiger partial charge is 0.453 e. The van der Waals surface area contributed by atoms with Crippen LogP contribution in [-0.4, -0.2) is 32.1 Å². The average Bonchev–Trinajstić information content (AvgIpc) is 3.21. The minimum atomic E-state index is -4.70. The highest BCUT2D eigenvalue weighted by molar-refractivity contribution is 6.30. The zero-order chi connectivity index (χ0) is 22.6. The van der Waals surface area contributed by atoms with Crippen molar-refractivity contribution in [1.29, 1.82) is 0 Å². The number of aromatic amines is 1. The fourth-order valence-electron chi connectivity index (χ4n) is 2.40. The second kappa shape index (κ2) is 9.00. The Hall–Kier alpha value is -3.67. The zero-order valence-corrected chi connectivity index (χ0v) is 16.5. The number of amides is 3. The van der Waals surface area contributed by atoms with Crippen molar-refractivity contribution in [3.05, 3.63) is 64.8 Å². The molecule has 0 spiro atoms. The van der Waals surface area contributed by atoms with E-state index < -0.39 is 30.0 Å². The summed E-state index contributed by atoms with van der Waals surface area (Å²) < 4.78 is 37.8. The van der Waals surface area contributed by atoms with Crippen LogP contribution in [0.4, 0.5) is 29.5 Å². The van der Waals surface area contributed by atoms with Crippen LogP contribution in [0.1, 0.15) is 35.0 Å². The van der Waals surface area contributed by atoms with Gasteiger partial charge in [-0.15, -0.1) is 5.10 Å². The lowest BCUT2D eigenvalue weighted by atomic mass is 10.2. The first-order valence-corrected chi connectivity index (χ1v) is 9.09. The molecule has 13 heteroatoms. The van der Waals surface area contributed by atoms with Gasteiger partial charge in [-0.05, 0) is 37.3 Å². The van der Waals surface area contributed by atoms with Gasteiger partial charge < -0.3 is 16.0 Å². The van der Waals surface area contributed by atoms with Crippen molar-refractivity contribution in [2.75, 3.05) is 10.6 Å². The van der Waals surface area contributed by atoms with Crippen molar-refractivity contribution in [2.45, 2.75) is 19.1 Å². The minimum Gasteiger partial charge on any atom is -0.328 e. The van der Waals surface area contributed by atoms with Crippen molar-refractivity contribution >= 4 is 35.0 Å². The third-order valence-corrected chi connectivity index (χ3v) is 4.09. The van der Waals surface area contributed by atoms with E-state index >= 15 is 0 Å². The van der Waals surface area contributed by atoms with Gasteiger partial charge in [0.05, 0.1) is 11.1 Å². The highest BCUT2D eigenvalue weighted by atomic mass is 35.5. The molecular weight excluding hydrogens is 439 g/mol. The number of hydrogen-bond donors (Lipinski definition) is 4. The number of aromatic nitrogens is 4. The molecule has 3 rings (SSSR count). The molecule has 0 aliphatic rings. The fraction of sp³-hybridized carbons (Fsp3) is 0.167. The van der Waals surface area contributed by atoms with E-state index in [-0.39, 0.29) is 17.1 Å². The van der Waals surface area contributed by atoms with E-state index in [9.17, 15) is 22.8 Å². The predicted molar refractivity (Wildman–Crippen MR) is 106 cm³/mol. The van der Waals surface area contributed by atoms with Gasteiger partial charge in [0.15, 0.2) is 0 Å². The van der Waals surface area contributed by atoms with E-state index in [1.807, 2.05) is 0 Å². The molecule has 0 aliphatic carbocycles. The molecule has 4 N–H and O–H groups in total. The molecule has 0 fully saturated rings. The van der Waals surface area contributed by atoms with Gasteiger partial charge in [-0.1, -0.05) is 17.7 Å². The standard InChI is InChI=1S/C18H15ClF3N7O2/c1-9(14-27-16(29-28-14)18(20,21)22)24-17(31)25-12-4-2-3-10(7-12)15(30)26-13-6-5-11(19)8-23-13/h2-9H,1H3,(H,23,26,30)(H2,24,25,31)(H,27,28,29). The normalized spacial score (nSPS) is 12.2. The van der Waals surface area contributed by atoms with Gasteiger partial charge in [0.1, 0.15) is 11.6 Å². The number of anilines is 2. The predicted octanol–water partition coefficient (Wildman–Crippen LogP) is 4.01. The van der Waals surface area contributed by atoms with Crippen LogP contribution in [0.15, 0.2) is 42.6 Å². The Kier molecular flexibility index (Phi) is 6.39. The number of alkyl halides is 3. The van der Waals surface area contributed by atoms with E-state index in [2.05, 4.69) is 36.1 Å². The molecule has 2 heterocycles. The number of H-pyrrole nitrogens is 1. The highest BCUT2D eigenvalue weighted by Gasteiger charge is 2.36. The number of nitrogens with one attached hydrogen (secondary N) is 4. The van der Waals surface area contributed by atoms with Crippen LogP contribution in [0.3, 0.4) is 0 Å². The second-order valence-electron chi connectivity index (χ2n) is 6.26. The third-order valence-electron chi connectivity index (χ3n) is 3.87. The lowest BCUT2D eigenvalue weighted by Gasteiger charge is -2.13. The highest BCUT2D eigenvalue weighted by Crippen LogP contribution is 2.26. The summed E-state index contributed by atoms with van der Waals surface area (Å²) in [5.41, 5.74) is 0.530. The maximum atomic E-state index is 12.6. The molecular formula is C18H15ClF3N7O2. The number of urea groups is 1. The first-order chi connectivity index (χ1) is 14.6. The van der Waals surface area contributed by atoms with E-state index in [0.717, 1.165) is 0 Å². The Morgan fingerprint density at radius 3 is 2.58 bits per heavy atom. The van der Waals surface area contributed by atoms with Gasteiger partial charge in [-0.2, -0.15) is 13.2 Å². The Morgan fingerprint density at radius 1 is 1.16 bits per heavy atom. The minimum absolute atomic E-state index is 0.161. The van der Waals surface area contributed by atoms with Crippen molar-refractivity contribution < 1.29 is 22.8 Å². The van der Waals surface area contributed by atoms with Crippen molar-refractivity contribution in [1.82, 2.24) is 25.5 Å². The molecule has 1 unspecified atom stereocenters. The Bertz CT molecular complexity index is 1090. The maximum Gasteiger partial charge on any atom is 0.453 e. The average molecular weight is 454 g/mol. The van der Waals surface area contributed by atoms with Crippen LogP contribution in [0.2, 0.25) is 5.02 Å². The molecule has 0 bridgehead atoms. The SMILES string of the molecule is CC(NC(=O)Nc1cccc(C(=O)Nc2ccc(Cl)cn2)c1)c1nc(C(F)(F)F)n[nH]1. The number of rotatable bonds is 5. The smallest absolute Gasteiger partial charge is 0.328 e. The summed E-state index contributed by atoms with van der Waals surface area (Å²) in [6, 6.07) is 7.55. The number of carbonyl (C=O) groups excluding carboxylic acids is 2. The molecule has 3 amide bonds. The van der Waals surface area contributed by atoms with Crippen LogP contribution >= 0.6 is 11.6 Å². The molecule has 31 heavy (non-hydrogen) atoms. The number of hydrogen-bond acceptors (Lipinski definition) is 5. The Balaban J connectivity index is 1.60. The molecule has 1 aromatic carbocycles. The zero-order valence-electron chi connectivity index (χ0n) is 15.8. The van der Waals surface area contributed by atoms with Gasteiger partial charge >= 0.3 is 12.2 Å². The first kappa shape index (κ1) is 22.0. The Morgan fingerprint density at radius 2 is 1.94 bits per heavy atom. The molecule has 0 saturated heterocycles. The van der Waals surface area contributed by atoms with Crippen LogP contribution in [0, 0.1) is 0 Å².